The molecule has 2 saturated heterocycles. The van der Waals surface area contributed by atoms with Crippen LogP contribution in [0.1, 0.15) is 53.4 Å². The molecule has 0 saturated carbocycles. The number of hydrogen-bond acceptors (Lipinski definition) is 3. The molecule has 2 unspecified atom stereocenters. The summed E-state index contributed by atoms with van der Waals surface area (Å²) in [5.41, 5.74) is 0. The van der Waals surface area contributed by atoms with Crippen molar-refractivity contribution in [3.63, 3.8) is 0 Å². The van der Waals surface area contributed by atoms with Crippen LogP contribution in [0.25, 0.3) is 0 Å². The molecule has 2 aliphatic rings. The third-order valence-electron chi connectivity index (χ3n) is 5.23. The van der Waals surface area contributed by atoms with Gasteiger partial charge < -0.3 is 9.80 Å². The number of hydrogen-bond donors (Lipinski definition) is 0. The molecular formula is C18H33N3O2. The molecule has 5 nitrogen and oxygen atoms in total. The molecule has 5 heteroatoms. The predicted molar refractivity (Wildman–Crippen MR) is 92.1 cm³/mol. The summed E-state index contributed by atoms with van der Waals surface area (Å²) in [6, 6.07) is 0.717. The van der Waals surface area contributed by atoms with Crippen LogP contribution in [0, 0.1) is 5.92 Å². The summed E-state index contributed by atoms with van der Waals surface area (Å²) in [7, 11) is 0. The highest BCUT2D eigenvalue weighted by Gasteiger charge is 2.30. The average Bonchev–Trinajstić information content (AvgIpc) is 2.71. The van der Waals surface area contributed by atoms with Crippen molar-refractivity contribution in [1.29, 1.82) is 0 Å². The Balaban J connectivity index is 1.88. The fourth-order valence-electron chi connectivity index (χ4n) is 3.90. The molecule has 0 aromatic carbocycles. The molecule has 0 bridgehead atoms. The van der Waals surface area contributed by atoms with Crippen molar-refractivity contribution in [3.8, 4) is 0 Å². The summed E-state index contributed by atoms with van der Waals surface area (Å²) in [6.07, 6.45) is 4.42. The molecule has 2 fully saturated rings. The predicted octanol–water partition coefficient (Wildman–Crippen LogP) is 1.97. The highest BCUT2D eigenvalue weighted by atomic mass is 16.2. The second-order valence-corrected chi connectivity index (χ2v) is 7.54. The first-order valence-corrected chi connectivity index (χ1v) is 9.22. The van der Waals surface area contributed by atoms with E-state index in [4.69, 9.17) is 0 Å². The molecule has 0 aromatic rings. The number of likely N-dealkylation sites (tertiary alicyclic amines) is 1. The van der Waals surface area contributed by atoms with Crippen molar-refractivity contribution in [1.82, 2.24) is 14.7 Å². The summed E-state index contributed by atoms with van der Waals surface area (Å²) in [5.74, 6) is 0.544. The zero-order chi connectivity index (χ0) is 17.0. The first-order chi connectivity index (χ1) is 10.9. The van der Waals surface area contributed by atoms with E-state index >= 15 is 0 Å². The Morgan fingerprint density at radius 3 is 2.22 bits per heavy atom. The zero-order valence-electron chi connectivity index (χ0n) is 15.3. The van der Waals surface area contributed by atoms with Crippen molar-refractivity contribution in [3.05, 3.63) is 0 Å². The molecule has 0 aliphatic carbocycles. The molecule has 2 aliphatic heterocycles. The third kappa shape index (κ3) is 4.69. The maximum Gasteiger partial charge on any atom is 0.237 e. The molecule has 2 amide bonds. The van der Waals surface area contributed by atoms with Crippen molar-refractivity contribution in [2.24, 2.45) is 5.92 Å². The van der Waals surface area contributed by atoms with Gasteiger partial charge in [-0.25, -0.2) is 0 Å². The summed E-state index contributed by atoms with van der Waals surface area (Å²) < 4.78 is 0. The Labute approximate surface area is 141 Å². The number of carbonyl (C=O) groups excluding carboxylic acids is 2. The SMILES string of the molecule is CC(C)C(=O)N1CCCN(CC(=O)N2C(C)CCCC2C)CC1. The van der Waals surface area contributed by atoms with Crippen molar-refractivity contribution < 1.29 is 9.59 Å². The fraction of sp³-hybridized carbons (Fsp3) is 0.889. The lowest BCUT2D eigenvalue weighted by molar-refractivity contribution is -0.138. The lowest BCUT2D eigenvalue weighted by Gasteiger charge is -2.40. The molecule has 0 radical (unpaired) electrons. The summed E-state index contributed by atoms with van der Waals surface area (Å²) in [5, 5.41) is 0. The second-order valence-electron chi connectivity index (χ2n) is 7.54. The van der Waals surface area contributed by atoms with E-state index in [1.54, 1.807) is 0 Å². The molecule has 132 valence electrons. The van der Waals surface area contributed by atoms with Gasteiger partial charge in [0.15, 0.2) is 0 Å². The Hall–Kier alpha value is -1.10. The van der Waals surface area contributed by atoms with E-state index in [0.29, 0.717) is 18.6 Å². The quantitative estimate of drug-likeness (QED) is 0.797. The van der Waals surface area contributed by atoms with Crippen LogP contribution in [0.5, 0.6) is 0 Å². The van der Waals surface area contributed by atoms with Gasteiger partial charge >= 0.3 is 0 Å². The fourth-order valence-corrected chi connectivity index (χ4v) is 3.90. The molecule has 2 heterocycles. The molecule has 2 rings (SSSR count). The standard InChI is InChI=1S/C18H33N3O2/c1-14(2)18(23)20-10-6-9-19(11-12-20)13-17(22)21-15(3)7-5-8-16(21)4/h14-16H,5-13H2,1-4H3. The highest BCUT2D eigenvalue weighted by molar-refractivity contribution is 5.79. The van der Waals surface area contributed by atoms with Crippen LogP contribution in [-0.2, 0) is 9.59 Å². The molecular weight excluding hydrogens is 290 g/mol. The Kier molecular flexibility index (Phi) is 6.45. The van der Waals surface area contributed by atoms with E-state index in [-0.39, 0.29) is 17.7 Å². The Bertz CT molecular complexity index is 414. The van der Waals surface area contributed by atoms with E-state index < -0.39 is 0 Å². The van der Waals surface area contributed by atoms with Gasteiger partial charge in [-0.05, 0) is 39.5 Å². The first kappa shape index (κ1) is 18.2. The lowest BCUT2D eigenvalue weighted by Crippen LogP contribution is -2.51. The monoisotopic (exact) mass is 323 g/mol. The summed E-state index contributed by atoms with van der Waals surface area (Å²) >= 11 is 0. The van der Waals surface area contributed by atoms with Crippen LogP contribution < -0.4 is 0 Å². The largest absolute Gasteiger partial charge is 0.341 e. The van der Waals surface area contributed by atoms with E-state index in [2.05, 4.69) is 23.6 Å². The van der Waals surface area contributed by atoms with Gasteiger partial charge in [-0.1, -0.05) is 13.8 Å². The Morgan fingerprint density at radius 1 is 0.957 bits per heavy atom. The highest BCUT2D eigenvalue weighted by Crippen LogP contribution is 2.22. The van der Waals surface area contributed by atoms with Crippen molar-refractivity contribution in [2.45, 2.75) is 65.5 Å². The van der Waals surface area contributed by atoms with Gasteiger partial charge in [-0.3, -0.25) is 14.5 Å². The van der Waals surface area contributed by atoms with Crippen LogP contribution in [0.4, 0.5) is 0 Å². The second kappa shape index (κ2) is 8.13. The van der Waals surface area contributed by atoms with Gasteiger partial charge in [-0.15, -0.1) is 0 Å². The maximum atomic E-state index is 12.7. The Morgan fingerprint density at radius 2 is 1.61 bits per heavy atom. The average molecular weight is 323 g/mol. The van der Waals surface area contributed by atoms with Crippen LogP contribution in [-0.4, -0.2) is 71.3 Å². The van der Waals surface area contributed by atoms with E-state index in [1.807, 2.05) is 18.7 Å². The van der Waals surface area contributed by atoms with Gasteiger partial charge in [0, 0.05) is 44.2 Å². The number of nitrogens with zero attached hydrogens (tertiary/aromatic N) is 3. The third-order valence-corrected chi connectivity index (χ3v) is 5.23. The van der Waals surface area contributed by atoms with E-state index in [1.165, 1.54) is 6.42 Å². The zero-order valence-corrected chi connectivity index (χ0v) is 15.3. The maximum absolute atomic E-state index is 12.7. The first-order valence-electron chi connectivity index (χ1n) is 9.22. The number of rotatable bonds is 3. The minimum Gasteiger partial charge on any atom is -0.341 e. The van der Waals surface area contributed by atoms with Gasteiger partial charge in [0.2, 0.25) is 11.8 Å². The van der Waals surface area contributed by atoms with Crippen LogP contribution in [0.3, 0.4) is 0 Å². The molecule has 0 N–H and O–H groups in total. The van der Waals surface area contributed by atoms with Crippen LogP contribution in [0.2, 0.25) is 0 Å². The van der Waals surface area contributed by atoms with Crippen molar-refractivity contribution >= 4 is 11.8 Å². The molecule has 0 aromatic heterocycles. The number of piperidine rings is 1. The van der Waals surface area contributed by atoms with E-state index in [0.717, 1.165) is 45.4 Å². The lowest BCUT2D eigenvalue weighted by atomic mass is 9.97. The van der Waals surface area contributed by atoms with Crippen LogP contribution in [0.15, 0.2) is 0 Å². The number of amides is 2. The topological polar surface area (TPSA) is 43.9 Å². The summed E-state index contributed by atoms with van der Waals surface area (Å²) in [6.45, 7) is 12.0. The van der Waals surface area contributed by atoms with Gasteiger partial charge in [0.1, 0.15) is 0 Å². The normalized spacial score (nSPS) is 27.2. The smallest absolute Gasteiger partial charge is 0.237 e. The van der Waals surface area contributed by atoms with E-state index in [9.17, 15) is 9.59 Å². The molecule has 23 heavy (non-hydrogen) atoms. The minimum atomic E-state index is 0.0539. The van der Waals surface area contributed by atoms with Gasteiger partial charge in [0.05, 0.1) is 6.54 Å². The van der Waals surface area contributed by atoms with Crippen molar-refractivity contribution in [2.75, 3.05) is 32.7 Å². The van der Waals surface area contributed by atoms with Gasteiger partial charge in [-0.2, -0.15) is 0 Å². The molecule has 2 atom stereocenters. The van der Waals surface area contributed by atoms with Crippen LogP contribution >= 0.6 is 0 Å². The number of carbonyl (C=O) groups is 2. The summed E-state index contributed by atoms with van der Waals surface area (Å²) in [4.78, 5) is 31.1. The molecule has 0 spiro atoms. The van der Waals surface area contributed by atoms with Gasteiger partial charge in [0.25, 0.3) is 0 Å². The minimum absolute atomic E-state index is 0.0539.